The maximum absolute atomic E-state index is 12.6. The normalized spacial score (nSPS) is 15.5. The van der Waals surface area contributed by atoms with Gasteiger partial charge in [0.2, 0.25) is 11.0 Å². The predicted octanol–water partition coefficient (Wildman–Crippen LogP) is 3.94. The summed E-state index contributed by atoms with van der Waals surface area (Å²) >= 11 is 1.50. The van der Waals surface area contributed by atoms with Crippen LogP contribution in [0.3, 0.4) is 0 Å². The van der Waals surface area contributed by atoms with Gasteiger partial charge in [0.1, 0.15) is 5.01 Å². The molecule has 0 unspecified atom stereocenters. The van der Waals surface area contributed by atoms with Crippen LogP contribution in [0.5, 0.6) is 0 Å². The molecular weight excluding hydrogens is 294 g/mol. The molecule has 0 saturated heterocycles. The van der Waals surface area contributed by atoms with Gasteiger partial charge in [-0.3, -0.25) is 10.1 Å². The number of anilines is 1. The van der Waals surface area contributed by atoms with Crippen LogP contribution < -0.4 is 5.32 Å². The first kappa shape index (κ1) is 15.2. The van der Waals surface area contributed by atoms with Gasteiger partial charge in [-0.1, -0.05) is 61.4 Å². The van der Waals surface area contributed by atoms with E-state index in [9.17, 15) is 4.79 Å². The van der Waals surface area contributed by atoms with Crippen LogP contribution in [0.25, 0.3) is 0 Å². The lowest BCUT2D eigenvalue weighted by Crippen LogP contribution is -2.27. The van der Waals surface area contributed by atoms with Crippen LogP contribution in [0.4, 0.5) is 5.13 Å². The van der Waals surface area contributed by atoms with E-state index >= 15 is 0 Å². The Morgan fingerprint density at radius 2 is 2.00 bits per heavy atom. The SMILES string of the molecule is CCCCCc1nnc(NC(=O)C2(c3ccccc3)CC2)s1. The third-order valence-electron chi connectivity index (χ3n) is 4.19. The fourth-order valence-electron chi connectivity index (χ4n) is 2.68. The van der Waals surface area contributed by atoms with E-state index in [2.05, 4.69) is 22.4 Å². The Hall–Kier alpha value is -1.75. The number of carbonyl (C=O) groups excluding carboxylic acids is 1. The molecule has 1 aliphatic rings. The summed E-state index contributed by atoms with van der Waals surface area (Å²) < 4.78 is 0. The van der Waals surface area contributed by atoms with Crippen molar-refractivity contribution in [3.8, 4) is 0 Å². The molecule has 0 radical (unpaired) electrons. The van der Waals surface area contributed by atoms with Crippen molar-refractivity contribution >= 4 is 22.4 Å². The maximum atomic E-state index is 12.6. The highest BCUT2D eigenvalue weighted by Crippen LogP contribution is 2.49. The summed E-state index contributed by atoms with van der Waals surface area (Å²) in [6, 6.07) is 10.0. The van der Waals surface area contributed by atoms with E-state index in [1.165, 1.54) is 24.2 Å². The van der Waals surface area contributed by atoms with E-state index in [0.29, 0.717) is 5.13 Å². The van der Waals surface area contributed by atoms with Crippen LogP contribution in [0.15, 0.2) is 30.3 Å². The number of aryl methyl sites for hydroxylation is 1. The molecule has 2 aromatic rings. The quantitative estimate of drug-likeness (QED) is 0.787. The highest BCUT2D eigenvalue weighted by atomic mass is 32.1. The number of carbonyl (C=O) groups is 1. The molecule has 5 heteroatoms. The van der Waals surface area contributed by atoms with E-state index < -0.39 is 0 Å². The summed E-state index contributed by atoms with van der Waals surface area (Å²) in [4.78, 5) is 12.6. The van der Waals surface area contributed by atoms with Crippen molar-refractivity contribution in [2.24, 2.45) is 0 Å². The lowest BCUT2D eigenvalue weighted by atomic mass is 9.95. The molecular formula is C17H21N3OS. The van der Waals surface area contributed by atoms with Gasteiger partial charge in [0.05, 0.1) is 5.41 Å². The number of rotatable bonds is 7. The van der Waals surface area contributed by atoms with Crippen LogP contribution in [0.1, 0.15) is 49.6 Å². The molecule has 0 atom stereocenters. The highest BCUT2D eigenvalue weighted by molar-refractivity contribution is 7.15. The van der Waals surface area contributed by atoms with Gasteiger partial charge in [0.15, 0.2) is 0 Å². The Balaban J connectivity index is 1.63. The van der Waals surface area contributed by atoms with Crippen molar-refractivity contribution < 1.29 is 4.79 Å². The number of amides is 1. The Kier molecular flexibility index (Phi) is 4.52. The molecule has 22 heavy (non-hydrogen) atoms. The molecule has 116 valence electrons. The number of nitrogens with one attached hydrogen (secondary N) is 1. The zero-order chi connectivity index (χ0) is 15.4. The lowest BCUT2D eigenvalue weighted by Gasteiger charge is -2.13. The fraction of sp³-hybridized carbons (Fsp3) is 0.471. The van der Waals surface area contributed by atoms with Gasteiger partial charge < -0.3 is 0 Å². The minimum Gasteiger partial charge on any atom is -0.300 e. The van der Waals surface area contributed by atoms with Gasteiger partial charge >= 0.3 is 0 Å². The second kappa shape index (κ2) is 6.57. The Morgan fingerprint density at radius 3 is 2.68 bits per heavy atom. The summed E-state index contributed by atoms with van der Waals surface area (Å²) in [5, 5.41) is 12.9. The molecule has 1 aromatic heterocycles. The van der Waals surface area contributed by atoms with Crippen molar-refractivity contribution in [2.45, 2.75) is 50.9 Å². The zero-order valence-electron chi connectivity index (χ0n) is 12.8. The number of unbranched alkanes of at least 4 members (excludes halogenated alkanes) is 2. The predicted molar refractivity (Wildman–Crippen MR) is 89.1 cm³/mol. The third-order valence-corrected chi connectivity index (χ3v) is 5.09. The second-order valence-electron chi connectivity index (χ2n) is 5.86. The number of nitrogens with zero attached hydrogens (tertiary/aromatic N) is 2. The molecule has 4 nitrogen and oxygen atoms in total. The Labute approximate surface area is 135 Å². The summed E-state index contributed by atoms with van der Waals surface area (Å²) in [5.41, 5.74) is 0.746. The van der Waals surface area contributed by atoms with E-state index in [0.717, 1.165) is 36.3 Å². The standard InChI is InChI=1S/C17H21N3OS/c1-2-3-5-10-14-19-20-16(22-14)18-15(21)17(11-12-17)13-8-6-4-7-9-13/h4,6-9H,2-3,5,10-12H2,1H3,(H,18,20,21). The average Bonchev–Trinajstić information content (AvgIpc) is 3.25. The first-order chi connectivity index (χ1) is 10.7. The van der Waals surface area contributed by atoms with E-state index in [-0.39, 0.29) is 11.3 Å². The summed E-state index contributed by atoms with van der Waals surface area (Å²) in [5.74, 6) is 0.0509. The number of hydrogen-bond acceptors (Lipinski definition) is 4. The Bertz CT molecular complexity index is 634. The molecule has 1 aromatic carbocycles. The number of aromatic nitrogens is 2. The van der Waals surface area contributed by atoms with Crippen molar-refractivity contribution in [2.75, 3.05) is 5.32 Å². The van der Waals surface area contributed by atoms with Crippen LogP contribution in [-0.2, 0) is 16.6 Å². The average molecular weight is 315 g/mol. The fourth-order valence-corrected chi connectivity index (χ4v) is 3.45. The highest BCUT2D eigenvalue weighted by Gasteiger charge is 2.51. The number of benzene rings is 1. The molecule has 3 rings (SSSR count). The van der Waals surface area contributed by atoms with Crippen molar-refractivity contribution in [3.63, 3.8) is 0 Å². The first-order valence-corrected chi connectivity index (χ1v) is 8.75. The molecule has 0 spiro atoms. The summed E-state index contributed by atoms with van der Waals surface area (Å²) in [7, 11) is 0. The molecule has 0 bridgehead atoms. The molecule has 1 amide bonds. The van der Waals surface area contributed by atoms with Gasteiger partial charge in [-0.05, 0) is 24.8 Å². The minimum absolute atomic E-state index is 0.0509. The molecule has 1 heterocycles. The molecule has 1 saturated carbocycles. The summed E-state index contributed by atoms with van der Waals surface area (Å²) in [6.45, 7) is 2.18. The van der Waals surface area contributed by atoms with E-state index in [1.807, 2.05) is 30.3 Å². The molecule has 1 N–H and O–H groups in total. The summed E-state index contributed by atoms with van der Waals surface area (Å²) in [6.07, 6.45) is 6.30. The second-order valence-corrected chi connectivity index (χ2v) is 6.92. The number of hydrogen-bond donors (Lipinski definition) is 1. The lowest BCUT2D eigenvalue weighted by molar-refractivity contribution is -0.118. The minimum atomic E-state index is -0.352. The van der Waals surface area contributed by atoms with Gasteiger partial charge in [0, 0.05) is 6.42 Å². The topological polar surface area (TPSA) is 54.9 Å². The van der Waals surface area contributed by atoms with E-state index in [1.54, 1.807) is 0 Å². The van der Waals surface area contributed by atoms with Gasteiger partial charge in [-0.25, -0.2) is 0 Å². The van der Waals surface area contributed by atoms with Crippen molar-refractivity contribution in [3.05, 3.63) is 40.9 Å². The molecule has 1 fully saturated rings. The molecule has 0 aliphatic heterocycles. The maximum Gasteiger partial charge on any atom is 0.236 e. The third kappa shape index (κ3) is 3.19. The van der Waals surface area contributed by atoms with Crippen LogP contribution in [0.2, 0.25) is 0 Å². The monoisotopic (exact) mass is 315 g/mol. The van der Waals surface area contributed by atoms with E-state index in [4.69, 9.17) is 0 Å². The Morgan fingerprint density at radius 1 is 1.23 bits per heavy atom. The first-order valence-electron chi connectivity index (χ1n) is 7.94. The van der Waals surface area contributed by atoms with Gasteiger partial charge in [-0.2, -0.15) is 0 Å². The van der Waals surface area contributed by atoms with Crippen LogP contribution >= 0.6 is 11.3 Å². The largest absolute Gasteiger partial charge is 0.300 e. The van der Waals surface area contributed by atoms with Gasteiger partial charge in [-0.15, -0.1) is 10.2 Å². The molecule has 1 aliphatic carbocycles. The van der Waals surface area contributed by atoms with Crippen molar-refractivity contribution in [1.82, 2.24) is 10.2 Å². The van der Waals surface area contributed by atoms with Crippen LogP contribution in [0, 0.1) is 0 Å². The van der Waals surface area contributed by atoms with Gasteiger partial charge in [0.25, 0.3) is 0 Å². The van der Waals surface area contributed by atoms with Crippen molar-refractivity contribution in [1.29, 1.82) is 0 Å². The van der Waals surface area contributed by atoms with Crippen LogP contribution in [-0.4, -0.2) is 16.1 Å². The smallest absolute Gasteiger partial charge is 0.236 e. The zero-order valence-corrected chi connectivity index (χ0v) is 13.7.